The van der Waals surface area contributed by atoms with Crippen LogP contribution in [0.4, 0.5) is 10.1 Å². The average molecular weight is 397 g/mol. The van der Waals surface area contributed by atoms with Crippen LogP contribution in [0.5, 0.6) is 5.75 Å². The molecule has 0 fully saturated rings. The molecule has 1 aromatic heterocycles. The van der Waals surface area contributed by atoms with Crippen LogP contribution in [0.15, 0.2) is 59.6 Å². The number of halogens is 1. The molecule has 2 heterocycles. The van der Waals surface area contributed by atoms with Crippen molar-refractivity contribution >= 4 is 15.4 Å². The third-order valence-corrected chi connectivity index (χ3v) is 6.05. The molecule has 0 bridgehead atoms. The molecule has 0 radical (unpaired) electrons. The quantitative estimate of drug-likeness (QED) is 0.706. The van der Waals surface area contributed by atoms with E-state index in [-0.39, 0.29) is 4.90 Å². The Morgan fingerprint density at radius 2 is 2.07 bits per heavy atom. The van der Waals surface area contributed by atoms with E-state index in [0.29, 0.717) is 18.7 Å². The SMILES string of the molecule is COc1ccc2c(c1)-c1ncccc1N(Cc1ccc(S(C)(=N)=O)cc1F)C2. The molecular formula is C21H20FN3O2S. The molecule has 144 valence electrons. The minimum atomic E-state index is -2.95. The first-order valence-corrected chi connectivity index (χ1v) is 10.7. The highest BCUT2D eigenvalue weighted by molar-refractivity contribution is 7.91. The maximum atomic E-state index is 14.6. The third kappa shape index (κ3) is 3.33. The summed E-state index contributed by atoms with van der Waals surface area (Å²) < 4.78 is 39.5. The second kappa shape index (κ2) is 6.91. The van der Waals surface area contributed by atoms with E-state index in [4.69, 9.17) is 9.52 Å². The van der Waals surface area contributed by atoms with E-state index in [1.165, 1.54) is 12.3 Å². The Morgan fingerprint density at radius 3 is 2.79 bits per heavy atom. The van der Waals surface area contributed by atoms with Crippen molar-refractivity contribution in [3.8, 4) is 17.0 Å². The highest BCUT2D eigenvalue weighted by Gasteiger charge is 2.24. The number of ether oxygens (including phenoxy) is 1. The fourth-order valence-corrected chi connectivity index (χ4v) is 4.09. The van der Waals surface area contributed by atoms with Gasteiger partial charge in [-0.15, -0.1) is 0 Å². The predicted molar refractivity (Wildman–Crippen MR) is 108 cm³/mol. The lowest BCUT2D eigenvalue weighted by atomic mass is 9.96. The molecule has 5 nitrogen and oxygen atoms in total. The number of nitrogens with zero attached hydrogens (tertiary/aromatic N) is 2. The normalized spacial score (nSPS) is 14.8. The summed E-state index contributed by atoms with van der Waals surface area (Å²) in [5.74, 6) is 0.314. The number of anilines is 1. The van der Waals surface area contributed by atoms with Crippen LogP contribution in [-0.2, 0) is 22.8 Å². The van der Waals surface area contributed by atoms with Gasteiger partial charge in [-0.1, -0.05) is 12.1 Å². The maximum Gasteiger partial charge on any atom is 0.129 e. The molecule has 3 aromatic rings. The molecule has 1 atom stereocenters. The van der Waals surface area contributed by atoms with E-state index < -0.39 is 15.5 Å². The van der Waals surface area contributed by atoms with Crippen LogP contribution in [0.3, 0.4) is 0 Å². The molecule has 1 N–H and O–H groups in total. The van der Waals surface area contributed by atoms with Gasteiger partial charge in [0.1, 0.15) is 11.6 Å². The van der Waals surface area contributed by atoms with Crippen molar-refractivity contribution in [2.45, 2.75) is 18.0 Å². The van der Waals surface area contributed by atoms with Crippen LogP contribution >= 0.6 is 0 Å². The molecule has 28 heavy (non-hydrogen) atoms. The van der Waals surface area contributed by atoms with Crippen molar-refractivity contribution < 1.29 is 13.3 Å². The Morgan fingerprint density at radius 1 is 1.25 bits per heavy atom. The molecule has 1 aliphatic heterocycles. The number of hydrogen-bond donors (Lipinski definition) is 1. The van der Waals surface area contributed by atoms with Gasteiger partial charge in [-0.2, -0.15) is 0 Å². The van der Waals surface area contributed by atoms with E-state index in [0.717, 1.165) is 28.3 Å². The van der Waals surface area contributed by atoms with Crippen LogP contribution in [0.1, 0.15) is 11.1 Å². The summed E-state index contributed by atoms with van der Waals surface area (Å²) in [5.41, 5.74) is 4.35. The molecular weight excluding hydrogens is 377 g/mol. The van der Waals surface area contributed by atoms with E-state index >= 15 is 0 Å². The van der Waals surface area contributed by atoms with E-state index in [1.807, 2.05) is 30.3 Å². The molecule has 1 aliphatic rings. The van der Waals surface area contributed by atoms with Crippen molar-refractivity contribution in [2.24, 2.45) is 0 Å². The van der Waals surface area contributed by atoms with E-state index in [9.17, 15) is 8.60 Å². The van der Waals surface area contributed by atoms with Gasteiger partial charge in [-0.25, -0.2) is 13.4 Å². The smallest absolute Gasteiger partial charge is 0.129 e. The van der Waals surface area contributed by atoms with Crippen molar-refractivity contribution in [3.63, 3.8) is 0 Å². The topological polar surface area (TPSA) is 66.3 Å². The van der Waals surface area contributed by atoms with Gasteiger partial charge >= 0.3 is 0 Å². The Kier molecular flexibility index (Phi) is 4.55. The lowest BCUT2D eigenvalue weighted by Crippen LogP contribution is -2.27. The molecule has 0 amide bonds. The first kappa shape index (κ1) is 18.4. The highest BCUT2D eigenvalue weighted by atomic mass is 32.2. The Labute approximate surface area is 163 Å². The molecule has 2 aromatic carbocycles. The second-order valence-corrected chi connectivity index (χ2v) is 9.01. The largest absolute Gasteiger partial charge is 0.497 e. The number of aromatic nitrogens is 1. The minimum absolute atomic E-state index is 0.201. The predicted octanol–water partition coefficient (Wildman–Crippen LogP) is 4.45. The Balaban J connectivity index is 1.72. The number of methoxy groups -OCH3 is 1. The first-order valence-electron chi connectivity index (χ1n) is 8.76. The minimum Gasteiger partial charge on any atom is -0.497 e. The van der Waals surface area contributed by atoms with Crippen LogP contribution < -0.4 is 9.64 Å². The van der Waals surface area contributed by atoms with Crippen molar-refractivity contribution in [1.29, 1.82) is 4.78 Å². The number of pyridine rings is 1. The van der Waals surface area contributed by atoms with Crippen LogP contribution in [0, 0.1) is 10.6 Å². The van der Waals surface area contributed by atoms with E-state index in [2.05, 4.69) is 9.88 Å². The van der Waals surface area contributed by atoms with Gasteiger partial charge in [-0.3, -0.25) is 4.98 Å². The zero-order chi connectivity index (χ0) is 19.9. The Bertz CT molecular complexity index is 1160. The Hall–Kier alpha value is -2.93. The number of rotatable bonds is 4. The molecule has 7 heteroatoms. The second-order valence-electron chi connectivity index (χ2n) is 6.85. The van der Waals surface area contributed by atoms with Crippen LogP contribution in [-0.4, -0.2) is 22.6 Å². The summed E-state index contributed by atoms with van der Waals surface area (Å²) in [6, 6.07) is 14.1. The van der Waals surface area contributed by atoms with Gasteiger partial charge in [0.05, 0.1) is 28.2 Å². The van der Waals surface area contributed by atoms with Crippen molar-refractivity contribution in [1.82, 2.24) is 4.98 Å². The van der Waals surface area contributed by atoms with Crippen LogP contribution in [0.25, 0.3) is 11.3 Å². The molecule has 0 saturated heterocycles. The number of hydrogen-bond acceptors (Lipinski definition) is 5. The zero-order valence-corrected chi connectivity index (χ0v) is 16.4. The van der Waals surface area contributed by atoms with Gasteiger partial charge in [0.15, 0.2) is 0 Å². The summed E-state index contributed by atoms with van der Waals surface area (Å²) in [5, 5.41) is 0. The molecule has 0 saturated carbocycles. The molecule has 0 aliphatic carbocycles. The standard InChI is InChI=1S/C21H20FN3O2S/c1-27-16-7-5-14-12-25(20-4-3-9-24-21(20)18(14)10-16)13-15-6-8-17(11-19(15)22)28(2,23)26/h3-11,23H,12-13H2,1-2H3. The maximum absolute atomic E-state index is 14.6. The fourth-order valence-electron chi connectivity index (χ4n) is 3.44. The summed E-state index contributed by atoms with van der Waals surface area (Å²) >= 11 is 0. The summed E-state index contributed by atoms with van der Waals surface area (Å²) in [4.78, 5) is 6.81. The molecule has 1 unspecified atom stereocenters. The molecule has 0 spiro atoms. The monoisotopic (exact) mass is 397 g/mol. The van der Waals surface area contributed by atoms with Gasteiger partial charge in [0.2, 0.25) is 0 Å². The van der Waals surface area contributed by atoms with Crippen molar-refractivity contribution in [3.05, 3.63) is 71.7 Å². The van der Waals surface area contributed by atoms with E-state index in [1.54, 1.807) is 25.4 Å². The third-order valence-electron chi connectivity index (χ3n) is 4.90. The molecule has 4 rings (SSSR count). The van der Waals surface area contributed by atoms with Gasteiger partial charge in [0, 0.05) is 41.6 Å². The average Bonchev–Trinajstić information content (AvgIpc) is 2.68. The summed E-state index contributed by atoms with van der Waals surface area (Å²) in [7, 11) is -1.31. The van der Waals surface area contributed by atoms with Crippen molar-refractivity contribution in [2.75, 3.05) is 18.3 Å². The van der Waals surface area contributed by atoms with Gasteiger partial charge < -0.3 is 9.64 Å². The number of nitrogens with one attached hydrogen (secondary N) is 1. The fraction of sp³-hybridized carbons (Fsp3) is 0.190. The number of benzene rings is 2. The first-order chi connectivity index (χ1) is 13.4. The summed E-state index contributed by atoms with van der Waals surface area (Å²) in [6.45, 7) is 0.960. The lowest BCUT2D eigenvalue weighted by molar-refractivity contribution is 0.414. The zero-order valence-electron chi connectivity index (χ0n) is 15.6. The lowest BCUT2D eigenvalue weighted by Gasteiger charge is -2.32. The summed E-state index contributed by atoms with van der Waals surface area (Å²) in [6.07, 6.45) is 3.03. The van der Waals surface area contributed by atoms with Crippen LogP contribution in [0.2, 0.25) is 0 Å². The van der Waals surface area contributed by atoms with Gasteiger partial charge in [-0.05, 0) is 42.0 Å². The van der Waals surface area contributed by atoms with Gasteiger partial charge in [0.25, 0.3) is 0 Å². The highest BCUT2D eigenvalue weighted by Crippen LogP contribution is 2.39. The number of fused-ring (bicyclic) bond motifs is 3.